The van der Waals surface area contributed by atoms with Gasteiger partial charge in [-0.3, -0.25) is 9.00 Å². The highest BCUT2D eigenvalue weighted by Gasteiger charge is 2.10. The minimum atomic E-state index is -0.951. The highest BCUT2D eigenvalue weighted by Crippen LogP contribution is 2.19. The maximum absolute atomic E-state index is 11.6. The van der Waals surface area contributed by atoms with Crippen LogP contribution in [0.3, 0.4) is 0 Å². The Hall–Kier alpha value is -2.14. The van der Waals surface area contributed by atoms with Crippen molar-refractivity contribution in [2.75, 3.05) is 18.1 Å². The zero-order valence-electron chi connectivity index (χ0n) is 14.4. The smallest absolute Gasteiger partial charge is 0.219 e. The number of rotatable bonds is 7. The molecule has 0 saturated carbocycles. The van der Waals surface area contributed by atoms with Crippen LogP contribution >= 0.6 is 0 Å². The molecule has 128 valence electrons. The predicted octanol–water partition coefficient (Wildman–Crippen LogP) is 3.40. The quantitative estimate of drug-likeness (QED) is 0.837. The molecular formula is C19H24N2O2S. The molecule has 0 aliphatic heterocycles. The van der Waals surface area contributed by atoms with Gasteiger partial charge < -0.3 is 10.2 Å². The summed E-state index contributed by atoms with van der Waals surface area (Å²) >= 11 is 0. The monoisotopic (exact) mass is 344 g/mol. The van der Waals surface area contributed by atoms with Gasteiger partial charge in [0.25, 0.3) is 0 Å². The van der Waals surface area contributed by atoms with Crippen LogP contribution < -0.4 is 5.32 Å². The van der Waals surface area contributed by atoms with Crippen molar-refractivity contribution in [1.29, 1.82) is 0 Å². The summed E-state index contributed by atoms with van der Waals surface area (Å²) in [5, 5.41) is 3.43. The van der Waals surface area contributed by atoms with E-state index >= 15 is 0 Å². The summed E-state index contributed by atoms with van der Waals surface area (Å²) in [6, 6.07) is 15.8. The molecule has 0 saturated heterocycles. The van der Waals surface area contributed by atoms with Crippen LogP contribution in [-0.2, 0) is 28.7 Å². The fourth-order valence-electron chi connectivity index (χ4n) is 2.48. The van der Waals surface area contributed by atoms with E-state index in [0.29, 0.717) is 19.6 Å². The fraction of sp³-hybridized carbons (Fsp3) is 0.316. The van der Waals surface area contributed by atoms with E-state index in [1.54, 1.807) is 13.2 Å². The first kappa shape index (κ1) is 18.2. The van der Waals surface area contributed by atoms with Crippen molar-refractivity contribution >= 4 is 22.4 Å². The normalized spacial score (nSPS) is 11.8. The first-order valence-corrected chi connectivity index (χ1v) is 9.56. The van der Waals surface area contributed by atoms with Gasteiger partial charge in [0.05, 0.1) is 0 Å². The third-order valence-corrected chi connectivity index (χ3v) is 4.88. The van der Waals surface area contributed by atoms with Crippen molar-refractivity contribution in [3.8, 4) is 0 Å². The van der Waals surface area contributed by atoms with Crippen molar-refractivity contribution in [2.45, 2.75) is 31.8 Å². The fourth-order valence-corrected chi connectivity index (χ4v) is 3.00. The average Bonchev–Trinajstić information content (AvgIpc) is 2.58. The van der Waals surface area contributed by atoms with Crippen molar-refractivity contribution in [2.24, 2.45) is 0 Å². The number of hydrogen-bond donors (Lipinski definition) is 1. The standard InChI is InChI=1S/C19H24N2O2S/c1-4-21(15(2)22)14-17-7-5-6-8-19(17)20-13-16-9-11-18(12-10-16)24(3)23/h5-12,20H,4,13-14H2,1-3H3/t24-/m0/s1. The molecule has 24 heavy (non-hydrogen) atoms. The Morgan fingerprint density at radius 1 is 1.12 bits per heavy atom. The number of amides is 1. The van der Waals surface area contributed by atoms with E-state index < -0.39 is 10.8 Å². The molecule has 0 spiro atoms. The maximum atomic E-state index is 11.6. The number of para-hydroxylation sites is 1. The lowest BCUT2D eigenvalue weighted by Crippen LogP contribution is -2.28. The predicted molar refractivity (Wildman–Crippen MR) is 99.3 cm³/mol. The maximum Gasteiger partial charge on any atom is 0.219 e. The lowest BCUT2D eigenvalue weighted by molar-refractivity contribution is -0.129. The summed E-state index contributed by atoms with van der Waals surface area (Å²) in [6.07, 6.45) is 1.68. The van der Waals surface area contributed by atoms with Crippen molar-refractivity contribution < 1.29 is 9.00 Å². The Bertz CT molecular complexity index is 714. The van der Waals surface area contributed by atoms with Crippen molar-refractivity contribution in [3.63, 3.8) is 0 Å². The number of nitrogens with one attached hydrogen (secondary N) is 1. The zero-order chi connectivity index (χ0) is 17.5. The van der Waals surface area contributed by atoms with Gasteiger partial charge in [0.1, 0.15) is 0 Å². The van der Waals surface area contributed by atoms with E-state index in [2.05, 4.69) is 5.32 Å². The molecule has 0 aliphatic carbocycles. The van der Waals surface area contributed by atoms with E-state index in [4.69, 9.17) is 0 Å². The van der Waals surface area contributed by atoms with Gasteiger partial charge in [0, 0.05) is 54.2 Å². The van der Waals surface area contributed by atoms with E-state index in [1.165, 1.54) is 0 Å². The van der Waals surface area contributed by atoms with Gasteiger partial charge >= 0.3 is 0 Å². The summed E-state index contributed by atoms with van der Waals surface area (Å²) in [6.45, 7) is 5.55. The molecule has 0 heterocycles. The van der Waals surface area contributed by atoms with Crippen LogP contribution in [0.2, 0.25) is 0 Å². The Morgan fingerprint density at radius 2 is 1.79 bits per heavy atom. The van der Waals surface area contributed by atoms with Gasteiger partial charge in [0.2, 0.25) is 5.91 Å². The second kappa shape index (κ2) is 8.64. The van der Waals surface area contributed by atoms with Crippen LogP contribution in [-0.4, -0.2) is 27.8 Å². The van der Waals surface area contributed by atoms with Crippen LogP contribution in [0.1, 0.15) is 25.0 Å². The Kier molecular flexibility index (Phi) is 6.55. The van der Waals surface area contributed by atoms with Crippen LogP contribution in [0, 0.1) is 0 Å². The topological polar surface area (TPSA) is 49.4 Å². The summed E-state index contributed by atoms with van der Waals surface area (Å²) in [5.41, 5.74) is 3.25. The molecule has 5 heteroatoms. The van der Waals surface area contributed by atoms with Crippen LogP contribution in [0.25, 0.3) is 0 Å². The number of benzene rings is 2. The van der Waals surface area contributed by atoms with Gasteiger partial charge in [0.15, 0.2) is 0 Å². The number of anilines is 1. The minimum Gasteiger partial charge on any atom is -0.381 e. The zero-order valence-corrected chi connectivity index (χ0v) is 15.2. The third-order valence-electron chi connectivity index (χ3n) is 3.94. The molecule has 1 amide bonds. The molecule has 1 N–H and O–H groups in total. The minimum absolute atomic E-state index is 0.0791. The van der Waals surface area contributed by atoms with Gasteiger partial charge in [-0.15, -0.1) is 0 Å². The molecule has 2 rings (SSSR count). The molecular weight excluding hydrogens is 320 g/mol. The molecule has 0 unspecified atom stereocenters. The third kappa shape index (κ3) is 4.93. The summed E-state index contributed by atoms with van der Waals surface area (Å²) < 4.78 is 11.4. The first-order valence-electron chi connectivity index (χ1n) is 8.01. The summed E-state index contributed by atoms with van der Waals surface area (Å²) in [5.74, 6) is 0.0791. The highest BCUT2D eigenvalue weighted by molar-refractivity contribution is 7.84. The lowest BCUT2D eigenvalue weighted by Gasteiger charge is -2.21. The number of hydrogen-bond acceptors (Lipinski definition) is 3. The van der Waals surface area contributed by atoms with Crippen molar-refractivity contribution in [1.82, 2.24) is 4.90 Å². The molecule has 1 atom stereocenters. The van der Waals surface area contributed by atoms with Gasteiger partial charge in [-0.25, -0.2) is 0 Å². The van der Waals surface area contributed by atoms with Gasteiger partial charge in [-0.05, 0) is 36.2 Å². The molecule has 0 fully saturated rings. The van der Waals surface area contributed by atoms with E-state index in [-0.39, 0.29) is 5.91 Å². The van der Waals surface area contributed by atoms with Gasteiger partial charge in [-0.2, -0.15) is 0 Å². The molecule has 4 nitrogen and oxygen atoms in total. The Morgan fingerprint density at radius 3 is 2.38 bits per heavy atom. The van der Waals surface area contributed by atoms with Crippen molar-refractivity contribution in [3.05, 3.63) is 59.7 Å². The molecule has 0 radical (unpaired) electrons. The SMILES string of the molecule is CCN(Cc1ccccc1NCc1ccc([S@](C)=O)cc1)C(C)=O. The molecule has 0 bridgehead atoms. The van der Waals surface area contributed by atoms with E-state index in [0.717, 1.165) is 21.7 Å². The van der Waals surface area contributed by atoms with Crippen LogP contribution in [0.4, 0.5) is 5.69 Å². The number of carbonyl (C=O) groups excluding carboxylic acids is 1. The second-order valence-electron chi connectivity index (χ2n) is 5.64. The highest BCUT2D eigenvalue weighted by atomic mass is 32.2. The van der Waals surface area contributed by atoms with E-state index in [9.17, 15) is 9.00 Å². The number of carbonyl (C=O) groups is 1. The van der Waals surface area contributed by atoms with Crippen LogP contribution in [0.5, 0.6) is 0 Å². The average molecular weight is 344 g/mol. The first-order chi connectivity index (χ1) is 11.5. The van der Waals surface area contributed by atoms with Crippen LogP contribution in [0.15, 0.2) is 53.4 Å². The Labute approximate surface area is 146 Å². The lowest BCUT2D eigenvalue weighted by atomic mass is 10.1. The molecule has 2 aromatic carbocycles. The molecule has 2 aromatic rings. The largest absolute Gasteiger partial charge is 0.381 e. The van der Waals surface area contributed by atoms with E-state index in [1.807, 2.05) is 60.4 Å². The summed E-state index contributed by atoms with van der Waals surface area (Å²) in [4.78, 5) is 14.3. The number of nitrogens with zero attached hydrogens (tertiary/aromatic N) is 1. The van der Waals surface area contributed by atoms with Gasteiger partial charge in [-0.1, -0.05) is 30.3 Å². The summed E-state index contributed by atoms with van der Waals surface area (Å²) in [7, 11) is -0.951. The molecule has 0 aliphatic rings. The Balaban J connectivity index is 2.07. The molecule has 0 aromatic heterocycles. The second-order valence-corrected chi connectivity index (χ2v) is 7.02.